The quantitative estimate of drug-likeness (QED) is 0.143. The molecule has 0 saturated carbocycles. The standard InChI is InChI=1S/C32H32O8/c1-17(2)29(33)37-25-13-11-23(15-27(25)39-31(35)19(5)6)21(9)22(10)24-12-14-26(38-30(34)18(3)4)28(16-24)40-32(36)20(7)8/h11-16H,1,3,5,7H2,2,4,6,8-10H3. The minimum Gasteiger partial charge on any atom is -0.419 e. The average Bonchev–Trinajstić information content (AvgIpc) is 2.89. The molecule has 0 atom stereocenters. The summed E-state index contributed by atoms with van der Waals surface area (Å²) in [7, 11) is 0. The molecule has 8 nitrogen and oxygen atoms in total. The summed E-state index contributed by atoms with van der Waals surface area (Å²) in [5.74, 6) is -2.61. The van der Waals surface area contributed by atoms with Crippen LogP contribution in [0.5, 0.6) is 23.0 Å². The third-order valence-corrected chi connectivity index (χ3v) is 5.52. The lowest BCUT2D eigenvalue weighted by atomic mass is 9.96. The van der Waals surface area contributed by atoms with Gasteiger partial charge in [-0.15, -0.1) is 0 Å². The zero-order chi connectivity index (χ0) is 30.3. The Labute approximate surface area is 233 Å². The first-order valence-electron chi connectivity index (χ1n) is 12.1. The summed E-state index contributed by atoms with van der Waals surface area (Å²) in [4.78, 5) is 48.8. The van der Waals surface area contributed by atoms with Crippen LogP contribution in [0.4, 0.5) is 0 Å². The third-order valence-electron chi connectivity index (χ3n) is 5.52. The molecule has 0 amide bonds. The molecule has 2 aromatic rings. The molecule has 0 aliphatic rings. The molecule has 208 valence electrons. The predicted octanol–water partition coefficient (Wildman–Crippen LogP) is 6.56. The van der Waals surface area contributed by atoms with Crippen LogP contribution in [0.15, 0.2) is 85.0 Å². The summed E-state index contributed by atoms with van der Waals surface area (Å²) >= 11 is 0. The molecule has 8 heteroatoms. The van der Waals surface area contributed by atoms with Crippen molar-refractivity contribution in [1.29, 1.82) is 0 Å². The maximum absolute atomic E-state index is 12.3. The van der Waals surface area contributed by atoms with Gasteiger partial charge in [-0.05, 0) is 88.1 Å². The summed E-state index contributed by atoms with van der Waals surface area (Å²) in [6, 6.07) is 9.53. The molecule has 0 fully saturated rings. The Balaban J connectivity index is 2.60. The van der Waals surface area contributed by atoms with Crippen molar-refractivity contribution in [2.45, 2.75) is 41.5 Å². The molecular weight excluding hydrogens is 512 g/mol. The lowest BCUT2D eigenvalue weighted by molar-refractivity contribution is -0.132. The largest absolute Gasteiger partial charge is 0.419 e. The number of carbonyl (C=O) groups is 4. The average molecular weight is 545 g/mol. The summed E-state index contributed by atoms with van der Waals surface area (Å²) in [6.07, 6.45) is 0. The Morgan fingerprint density at radius 1 is 0.450 bits per heavy atom. The van der Waals surface area contributed by atoms with Crippen LogP contribution in [0.3, 0.4) is 0 Å². The van der Waals surface area contributed by atoms with Crippen molar-refractivity contribution in [3.05, 3.63) is 96.1 Å². The summed E-state index contributed by atoms with van der Waals surface area (Å²) in [6.45, 7) is 24.0. The Morgan fingerprint density at radius 2 is 0.700 bits per heavy atom. The lowest BCUT2D eigenvalue weighted by Gasteiger charge is -2.16. The van der Waals surface area contributed by atoms with Gasteiger partial charge in [-0.3, -0.25) is 0 Å². The van der Waals surface area contributed by atoms with E-state index in [1.165, 1.54) is 39.8 Å². The number of allylic oxidation sites excluding steroid dienone is 2. The van der Waals surface area contributed by atoms with Crippen molar-refractivity contribution in [1.82, 2.24) is 0 Å². The van der Waals surface area contributed by atoms with Crippen LogP contribution in [0, 0.1) is 0 Å². The van der Waals surface area contributed by atoms with Crippen LogP contribution in [-0.2, 0) is 19.2 Å². The second kappa shape index (κ2) is 13.2. The Hall–Kier alpha value is -4.98. The summed E-state index contributed by atoms with van der Waals surface area (Å²) in [5.41, 5.74) is 3.49. The minimum absolute atomic E-state index is 0.0189. The van der Waals surface area contributed by atoms with Crippen LogP contribution in [0.1, 0.15) is 52.7 Å². The highest BCUT2D eigenvalue weighted by atomic mass is 16.6. The SMILES string of the molecule is C=C(C)C(=O)Oc1ccc(C(C)=C(C)c2ccc(OC(=O)C(=C)C)c(OC(=O)C(=C)C)c2)cc1OC(=O)C(=C)C. The molecule has 2 rings (SSSR count). The number of carbonyl (C=O) groups excluding carboxylic acids is 4. The number of hydrogen-bond acceptors (Lipinski definition) is 8. The lowest BCUT2D eigenvalue weighted by Crippen LogP contribution is -2.13. The number of hydrogen-bond donors (Lipinski definition) is 0. The van der Waals surface area contributed by atoms with Gasteiger partial charge in [0.1, 0.15) is 0 Å². The Morgan fingerprint density at radius 3 is 0.950 bits per heavy atom. The number of ether oxygens (including phenoxy) is 4. The van der Waals surface area contributed by atoms with Gasteiger partial charge in [-0.25, -0.2) is 19.2 Å². The van der Waals surface area contributed by atoms with Crippen molar-refractivity contribution >= 4 is 35.0 Å². The van der Waals surface area contributed by atoms with Gasteiger partial charge in [0.05, 0.1) is 0 Å². The van der Waals surface area contributed by atoms with Crippen molar-refractivity contribution in [3.63, 3.8) is 0 Å². The van der Waals surface area contributed by atoms with Crippen molar-refractivity contribution in [3.8, 4) is 23.0 Å². The monoisotopic (exact) mass is 544 g/mol. The van der Waals surface area contributed by atoms with Gasteiger partial charge in [-0.2, -0.15) is 0 Å². The molecule has 0 N–H and O–H groups in total. The highest BCUT2D eigenvalue weighted by molar-refractivity contribution is 5.94. The van der Waals surface area contributed by atoms with Crippen molar-refractivity contribution < 1.29 is 38.1 Å². The second-order valence-electron chi connectivity index (χ2n) is 9.25. The molecule has 2 aromatic carbocycles. The van der Waals surface area contributed by atoms with Crippen LogP contribution >= 0.6 is 0 Å². The molecule has 0 bridgehead atoms. The molecule has 0 spiro atoms. The van der Waals surface area contributed by atoms with Gasteiger partial charge in [0.2, 0.25) is 0 Å². The van der Waals surface area contributed by atoms with E-state index in [1.54, 1.807) is 24.3 Å². The maximum Gasteiger partial charge on any atom is 0.338 e. The van der Waals surface area contributed by atoms with Crippen LogP contribution < -0.4 is 18.9 Å². The van der Waals surface area contributed by atoms with E-state index in [4.69, 9.17) is 18.9 Å². The van der Waals surface area contributed by atoms with Gasteiger partial charge >= 0.3 is 23.9 Å². The van der Waals surface area contributed by atoms with Crippen LogP contribution in [-0.4, -0.2) is 23.9 Å². The molecule has 0 heterocycles. The molecule has 0 saturated heterocycles. The van der Waals surface area contributed by atoms with Crippen molar-refractivity contribution in [2.24, 2.45) is 0 Å². The van der Waals surface area contributed by atoms with E-state index < -0.39 is 23.9 Å². The highest BCUT2D eigenvalue weighted by Crippen LogP contribution is 2.37. The first-order chi connectivity index (χ1) is 18.6. The molecule has 0 aliphatic heterocycles. The van der Waals surface area contributed by atoms with Gasteiger partial charge in [0.25, 0.3) is 0 Å². The first-order valence-corrected chi connectivity index (χ1v) is 12.1. The van der Waals surface area contributed by atoms with Gasteiger partial charge in [-0.1, -0.05) is 38.4 Å². The number of benzene rings is 2. The zero-order valence-corrected chi connectivity index (χ0v) is 23.6. The van der Waals surface area contributed by atoms with E-state index in [-0.39, 0.29) is 45.3 Å². The smallest absolute Gasteiger partial charge is 0.338 e. The van der Waals surface area contributed by atoms with E-state index in [0.717, 1.165) is 11.1 Å². The van der Waals surface area contributed by atoms with Crippen LogP contribution in [0.2, 0.25) is 0 Å². The van der Waals surface area contributed by atoms with E-state index in [1.807, 2.05) is 13.8 Å². The van der Waals surface area contributed by atoms with Crippen molar-refractivity contribution in [2.75, 3.05) is 0 Å². The molecule has 0 unspecified atom stereocenters. The molecule has 40 heavy (non-hydrogen) atoms. The van der Waals surface area contributed by atoms with E-state index in [2.05, 4.69) is 26.3 Å². The fourth-order valence-corrected chi connectivity index (χ4v) is 2.99. The van der Waals surface area contributed by atoms with Crippen LogP contribution in [0.25, 0.3) is 11.1 Å². The Bertz CT molecular complexity index is 1370. The number of esters is 4. The third kappa shape index (κ3) is 8.01. The second-order valence-corrected chi connectivity index (χ2v) is 9.25. The predicted molar refractivity (Wildman–Crippen MR) is 153 cm³/mol. The Kier molecular flexibility index (Phi) is 10.3. The van der Waals surface area contributed by atoms with Gasteiger partial charge in [0.15, 0.2) is 23.0 Å². The zero-order valence-electron chi connectivity index (χ0n) is 23.6. The van der Waals surface area contributed by atoms with Gasteiger partial charge < -0.3 is 18.9 Å². The minimum atomic E-state index is -0.688. The highest BCUT2D eigenvalue weighted by Gasteiger charge is 2.19. The fourth-order valence-electron chi connectivity index (χ4n) is 2.99. The van der Waals surface area contributed by atoms with E-state index in [9.17, 15) is 19.2 Å². The molecule has 0 aromatic heterocycles. The molecule has 0 aliphatic carbocycles. The van der Waals surface area contributed by atoms with E-state index >= 15 is 0 Å². The fraction of sp³-hybridized carbons (Fsp3) is 0.188. The molecule has 0 radical (unpaired) electrons. The van der Waals surface area contributed by atoms with Gasteiger partial charge in [0, 0.05) is 22.3 Å². The molecular formula is C32H32O8. The summed E-state index contributed by atoms with van der Waals surface area (Å²) < 4.78 is 21.5. The summed E-state index contributed by atoms with van der Waals surface area (Å²) in [5, 5.41) is 0. The normalized spacial score (nSPS) is 10.9. The number of rotatable bonds is 10. The van der Waals surface area contributed by atoms with E-state index in [0.29, 0.717) is 11.1 Å². The maximum atomic E-state index is 12.3. The first kappa shape index (κ1) is 31.2. The topological polar surface area (TPSA) is 105 Å².